The smallest absolute Gasteiger partial charge is 0.322 e. The summed E-state index contributed by atoms with van der Waals surface area (Å²) in [7, 11) is 0. The molecule has 1 N–H and O–H groups in total. The maximum atomic E-state index is 12.9. The molecule has 0 aliphatic rings. The van der Waals surface area contributed by atoms with Crippen molar-refractivity contribution in [3.8, 4) is 0 Å². The minimum absolute atomic E-state index is 0.0287. The lowest BCUT2D eigenvalue weighted by molar-refractivity contribution is -0.136. The van der Waals surface area contributed by atoms with Gasteiger partial charge in [0.2, 0.25) is 5.91 Å². The molecule has 0 unspecified atom stereocenters. The number of benzene rings is 2. The van der Waals surface area contributed by atoms with E-state index in [1.54, 1.807) is 6.08 Å². The van der Waals surface area contributed by atoms with E-state index in [-0.39, 0.29) is 11.1 Å². The van der Waals surface area contributed by atoms with Crippen molar-refractivity contribution in [3.05, 3.63) is 71.3 Å². The number of halogens is 3. The summed E-state index contributed by atoms with van der Waals surface area (Å²) >= 11 is 0. The van der Waals surface area contributed by atoms with Crippen molar-refractivity contribution < 1.29 is 18.0 Å². The summed E-state index contributed by atoms with van der Waals surface area (Å²) in [4.78, 5) is 11.9. The predicted octanol–water partition coefficient (Wildman–Crippen LogP) is 5.65. The molecule has 0 aromatic heterocycles. The van der Waals surface area contributed by atoms with Crippen LogP contribution >= 0.6 is 0 Å². The van der Waals surface area contributed by atoms with Crippen molar-refractivity contribution in [1.82, 2.24) is 0 Å². The Morgan fingerprint density at radius 2 is 1.56 bits per heavy atom. The van der Waals surface area contributed by atoms with Crippen LogP contribution in [0.4, 0.5) is 18.9 Å². The molecule has 5 heteroatoms. The summed E-state index contributed by atoms with van der Waals surface area (Å²) in [5.74, 6) is -0.614. The van der Waals surface area contributed by atoms with Gasteiger partial charge in [-0.15, -0.1) is 0 Å². The van der Waals surface area contributed by atoms with Crippen LogP contribution in [0.25, 0.3) is 6.08 Å². The highest BCUT2D eigenvalue weighted by atomic mass is 19.4. The number of para-hydroxylation sites is 1. The number of hydrogen-bond acceptors (Lipinski definition) is 1. The minimum Gasteiger partial charge on any atom is -0.322 e. The highest BCUT2D eigenvalue weighted by Crippen LogP contribution is 2.34. The maximum Gasteiger partial charge on any atom is 0.418 e. The Morgan fingerprint density at radius 3 is 2.12 bits per heavy atom. The largest absolute Gasteiger partial charge is 0.418 e. The number of amides is 1. The first-order chi connectivity index (χ1) is 11.6. The first kappa shape index (κ1) is 18.8. The van der Waals surface area contributed by atoms with Gasteiger partial charge in [-0.3, -0.25) is 4.79 Å². The number of alkyl halides is 3. The van der Waals surface area contributed by atoms with Gasteiger partial charge in [0, 0.05) is 6.08 Å². The van der Waals surface area contributed by atoms with Crippen molar-refractivity contribution in [3.63, 3.8) is 0 Å². The highest BCUT2D eigenvalue weighted by Gasteiger charge is 2.33. The average molecular weight is 347 g/mol. The van der Waals surface area contributed by atoms with Gasteiger partial charge in [0.1, 0.15) is 0 Å². The zero-order valence-electron chi connectivity index (χ0n) is 14.3. The number of nitrogens with one attached hydrogen (secondary N) is 1. The molecule has 2 rings (SSSR count). The van der Waals surface area contributed by atoms with Crippen molar-refractivity contribution >= 4 is 17.7 Å². The second-order valence-electron chi connectivity index (χ2n) is 6.74. The van der Waals surface area contributed by atoms with E-state index >= 15 is 0 Å². The summed E-state index contributed by atoms with van der Waals surface area (Å²) in [6, 6.07) is 12.6. The van der Waals surface area contributed by atoms with E-state index in [0.717, 1.165) is 17.2 Å². The van der Waals surface area contributed by atoms with Crippen LogP contribution in [-0.2, 0) is 16.4 Å². The third-order valence-electron chi connectivity index (χ3n) is 3.69. The molecule has 0 aliphatic heterocycles. The highest BCUT2D eigenvalue weighted by molar-refractivity contribution is 6.02. The third kappa shape index (κ3) is 5.21. The lowest BCUT2D eigenvalue weighted by Gasteiger charge is -2.18. The number of hydrogen-bond donors (Lipinski definition) is 1. The third-order valence-corrected chi connectivity index (χ3v) is 3.69. The normalized spacial score (nSPS) is 12.4. The van der Waals surface area contributed by atoms with Gasteiger partial charge in [0.05, 0.1) is 11.3 Å². The number of rotatable bonds is 3. The summed E-state index contributed by atoms with van der Waals surface area (Å²) in [5, 5.41) is 2.28. The van der Waals surface area contributed by atoms with E-state index in [0.29, 0.717) is 0 Å². The number of carbonyl (C=O) groups excluding carboxylic acids is 1. The Bertz CT molecular complexity index is 769. The average Bonchev–Trinajstić information content (AvgIpc) is 2.52. The maximum absolute atomic E-state index is 12.9. The van der Waals surface area contributed by atoms with Crippen molar-refractivity contribution in [2.24, 2.45) is 0 Å². The van der Waals surface area contributed by atoms with Crippen molar-refractivity contribution in [2.75, 3.05) is 5.32 Å². The Morgan fingerprint density at radius 1 is 0.960 bits per heavy atom. The van der Waals surface area contributed by atoms with Gasteiger partial charge in [-0.25, -0.2) is 0 Å². The summed E-state index contributed by atoms with van der Waals surface area (Å²) in [6.45, 7) is 6.30. The fourth-order valence-electron chi connectivity index (χ4n) is 2.28. The number of anilines is 1. The zero-order valence-corrected chi connectivity index (χ0v) is 14.3. The monoisotopic (exact) mass is 347 g/mol. The summed E-state index contributed by atoms with van der Waals surface area (Å²) in [5.41, 5.74) is 0.862. The van der Waals surface area contributed by atoms with Crippen LogP contribution in [0, 0.1) is 0 Å². The molecule has 0 saturated heterocycles. The molecule has 1 amide bonds. The topological polar surface area (TPSA) is 29.1 Å². The zero-order chi connectivity index (χ0) is 18.7. The fourth-order valence-corrected chi connectivity index (χ4v) is 2.28. The first-order valence-corrected chi connectivity index (χ1v) is 7.83. The second-order valence-corrected chi connectivity index (χ2v) is 6.74. The molecule has 0 spiro atoms. The van der Waals surface area contributed by atoms with E-state index in [2.05, 4.69) is 26.1 Å². The molecular formula is C20H20F3NO. The van der Waals surface area contributed by atoms with Crippen LogP contribution in [0.5, 0.6) is 0 Å². The quantitative estimate of drug-likeness (QED) is 0.714. The summed E-state index contributed by atoms with van der Waals surface area (Å²) in [6.07, 6.45) is -1.73. The van der Waals surface area contributed by atoms with E-state index < -0.39 is 17.6 Å². The van der Waals surface area contributed by atoms with Gasteiger partial charge in [-0.2, -0.15) is 13.2 Å². The molecule has 0 saturated carbocycles. The standard InChI is InChI=1S/C20H20F3NO/c1-19(2,3)15-11-8-14(9-12-15)10-13-18(25)24-17-7-5-4-6-16(17)20(21,22)23/h4-13H,1-3H3,(H,24,25). The van der Waals surface area contributed by atoms with Crippen LogP contribution in [0.15, 0.2) is 54.6 Å². The molecular weight excluding hydrogens is 327 g/mol. The molecule has 132 valence electrons. The second kappa shape index (κ2) is 7.13. The van der Waals surface area contributed by atoms with Crippen LogP contribution in [-0.4, -0.2) is 5.91 Å². The van der Waals surface area contributed by atoms with Crippen molar-refractivity contribution in [1.29, 1.82) is 0 Å². The molecule has 0 radical (unpaired) electrons. The molecule has 2 nitrogen and oxygen atoms in total. The van der Waals surface area contributed by atoms with Gasteiger partial charge in [0.25, 0.3) is 0 Å². The lowest BCUT2D eigenvalue weighted by Crippen LogP contribution is -2.14. The first-order valence-electron chi connectivity index (χ1n) is 7.83. The van der Waals surface area contributed by atoms with Crippen LogP contribution < -0.4 is 5.32 Å². The predicted molar refractivity (Wildman–Crippen MR) is 94.2 cm³/mol. The van der Waals surface area contributed by atoms with Gasteiger partial charge in [-0.1, -0.05) is 57.2 Å². The minimum atomic E-state index is -4.52. The van der Waals surface area contributed by atoms with E-state index in [1.807, 2.05) is 24.3 Å². The van der Waals surface area contributed by atoms with Crippen LogP contribution in [0.2, 0.25) is 0 Å². The molecule has 0 atom stereocenters. The molecule has 2 aromatic carbocycles. The Kier molecular flexibility index (Phi) is 5.36. The Hall–Kier alpha value is -2.56. The SMILES string of the molecule is CC(C)(C)c1ccc(C=CC(=O)Nc2ccccc2C(F)(F)F)cc1. The molecule has 2 aromatic rings. The fraction of sp³-hybridized carbons (Fsp3) is 0.250. The van der Waals surface area contributed by atoms with E-state index in [4.69, 9.17) is 0 Å². The molecule has 25 heavy (non-hydrogen) atoms. The van der Waals surface area contributed by atoms with Gasteiger partial charge >= 0.3 is 6.18 Å². The molecule has 0 aliphatic carbocycles. The van der Waals surface area contributed by atoms with Crippen LogP contribution in [0.1, 0.15) is 37.5 Å². The Balaban J connectivity index is 2.10. The van der Waals surface area contributed by atoms with Gasteiger partial charge in [-0.05, 0) is 34.8 Å². The molecule has 0 heterocycles. The Labute approximate surface area is 145 Å². The lowest BCUT2D eigenvalue weighted by atomic mass is 9.87. The molecule has 0 fully saturated rings. The molecule has 0 bridgehead atoms. The summed E-state index contributed by atoms with van der Waals surface area (Å²) < 4.78 is 38.7. The van der Waals surface area contributed by atoms with Gasteiger partial charge in [0.15, 0.2) is 0 Å². The number of carbonyl (C=O) groups is 1. The van der Waals surface area contributed by atoms with Gasteiger partial charge < -0.3 is 5.32 Å². The van der Waals surface area contributed by atoms with Crippen LogP contribution in [0.3, 0.4) is 0 Å². The van der Waals surface area contributed by atoms with E-state index in [9.17, 15) is 18.0 Å². The van der Waals surface area contributed by atoms with E-state index in [1.165, 1.54) is 24.3 Å². The van der Waals surface area contributed by atoms with Crippen molar-refractivity contribution in [2.45, 2.75) is 32.4 Å².